The molecule has 0 radical (unpaired) electrons. The number of nitrogens with one attached hydrogen (secondary N) is 2. The van der Waals surface area contributed by atoms with Gasteiger partial charge in [-0.3, -0.25) is 14.4 Å². The molecule has 0 spiro atoms. The van der Waals surface area contributed by atoms with E-state index in [4.69, 9.17) is 18.9 Å². The van der Waals surface area contributed by atoms with Crippen LogP contribution < -0.4 is 15.5 Å². The number of benzene rings is 2. The van der Waals surface area contributed by atoms with Gasteiger partial charge in [-0.05, 0) is 26.0 Å². The highest BCUT2D eigenvalue weighted by molar-refractivity contribution is 6.23. The minimum Gasteiger partial charge on any atom is -0.507 e. The number of anilines is 2. The molecule has 3 aliphatic rings. The van der Waals surface area contributed by atoms with E-state index >= 15 is 0 Å². The molecule has 0 saturated carbocycles. The van der Waals surface area contributed by atoms with E-state index in [1.807, 2.05) is 0 Å². The number of fused-ring (bicyclic) bond motifs is 14. The molecule has 3 aliphatic heterocycles. The van der Waals surface area contributed by atoms with Crippen LogP contribution in [0.2, 0.25) is 0 Å². The first kappa shape index (κ1) is 44.1. The zero-order valence-corrected chi connectivity index (χ0v) is 34.3. The molecule has 0 aliphatic carbocycles. The minimum atomic E-state index is -2.08. The van der Waals surface area contributed by atoms with Crippen molar-refractivity contribution >= 4 is 46.3 Å². The zero-order chi connectivity index (χ0) is 43.5. The molecule has 17 nitrogen and oxygen atoms in total. The number of hydrogen-bond donors (Lipinski definition) is 7. The first-order valence-electron chi connectivity index (χ1n) is 19.0. The lowest BCUT2D eigenvalue weighted by atomic mass is 9.78. The van der Waals surface area contributed by atoms with E-state index in [-0.39, 0.29) is 50.4 Å². The number of rotatable bonds is 5. The van der Waals surface area contributed by atoms with Gasteiger partial charge in [-0.25, -0.2) is 15.4 Å². The normalized spacial score (nSPS) is 30.0. The Bertz CT molecular complexity index is 2220. The number of amides is 1. The number of allylic oxidation sites excluding steroid dienone is 2. The average molecular weight is 818 g/mol. The number of carbonyl (C=O) groups excluding carboxylic acids is 3. The van der Waals surface area contributed by atoms with Crippen LogP contribution in [0.3, 0.4) is 0 Å². The molecule has 0 fully saturated rings. The van der Waals surface area contributed by atoms with Gasteiger partial charge < -0.3 is 49.8 Å². The maximum Gasteiger partial charge on any atom is 0.312 e. The number of aliphatic hydroxyl groups excluding tert-OH is 2. The smallest absolute Gasteiger partial charge is 0.312 e. The van der Waals surface area contributed by atoms with Crippen LogP contribution in [0.25, 0.3) is 10.8 Å². The van der Waals surface area contributed by atoms with Crippen LogP contribution in [0.4, 0.5) is 11.6 Å². The summed E-state index contributed by atoms with van der Waals surface area (Å²) in [5.41, 5.74) is 1.88. The monoisotopic (exact) mass is 817 g/mol. The number of aromatic nitrogens is 2. The Morgan fingerprint density at radius 1 is 0.966 bits per heavy atom. The number of ether oxygens (including phenoxy) is 4. The Hall–Kier alpha value is -6.04. The fourth-order valence-electron chi connectivity index (χ4n) is 7.38. The fraction of sp³-hybridized carbons (Fsp3) is 0.429. The summed E-state index contributed by atoms with van der Waals surface area (Å²) in [6.45, 7) is 12.4. The summed E-state index contributed by atoms with van der Waals surface area (Å²) in [4.78, 5) is 48.4. The molecular formula is C42H51N5O12. The number of carbonyl (C=O) groups is 3. The summed E-state index contributed by atoms with van der Waals surface area (Å²) in [5, 5.41) is 64.1. The molecule has 1 amide bonds. The number of hydrazone groups is 1. The van der Waals surface area contributed by atoms with Gasteiger partial charge in [0.25, 0.3) is 11.7 Å². The molecule has 2 aromatic carbocycles. The molecule has 4 heterocycles. The van der Waals surface area contributed by atoms with Gasteiger partial charge in [0.05, 0.1) is 53.0 Å². The summed E-state index contributed by atoms with van der Waals surface area (Å²) in [7, 11) is 1.42. The van der Waals surface area contributed by atoms with Crippen LogP contribution in [-0.2, 0) is 23.8 Å². The Morgan fingerprint density at radius 2 is 1.64 bits per heavy atom. The Balaban J connectivity index is 1.71. The molecule has 3 aromatic rings. The van der Waals surface area contributed by atoms with E-state index in [0.717, 1.165) is 6.21 Å². The molecule has 17 heteroatoms. The number of ketones is 1. The van der Waals surface area contributed by atoms with Crippen LogP contribution >= 0.6 is 0 Å². The molecular weight excluding hydrogens is 766 g/mol. The molecule has 316 valence electrons. The van der Waals surface area contributed by atoms with Gasteiger partial charge in [0.1, 0.15) is 23.4 Å². The molecule has 9 unspecified atom stereocenters. The number of Topliss-reactive ketones (excluding diaryl/α,β-unsaturated/α-hetero) is 1. The summed E-state index contributed by atoms with van der Waals surface area (Å²) in [5.74, 6) is -8.73. The molecule has 9 atom stereocenters. The topological polar surface area (TPSA) is 251 Å². The molecule has 1 aromatic heterocycles. The number of phenolic OH excluding ortho intramolecular Hbond substituents is 3. The van der Waals surface area contributed by atoms with Gasteiger partial charge in [0.15, 0.2) is 5.75 Å². The van der Waals surface area contributed by atoms with Crippen molar-refractivity contribution < 1.29 is 58.9 Å². The number of phenols is 3. The van der Waals surface area contributed by atoms with Gasteiger partial charge >= 0.3 is 11.8 Å². The molecule has 0 saturated heterocycles. The van der Waals surface area contributed by atoms with Crippen molar-refractivity contribution in [2.24, 2.45) is 28.8 Å². The number of esters is 1. The van der Waals surface area contributed by atoms with Crippen molar-refractivity contribution in [1.29, 1.82) is 0 Å². The highest BCUT2D eigenvalue weighted by atomic mass is 16.7. The second-order valence-electron chi connectivity index (χ2n) is 15.1. The van der Waals surface area contributed by atoms with E-state index in [9.17, 15) is 39.9 Å². The van der Waals surface area contributed by atoms with Crippen molar-refractivity contribution in [2.75, 3.05) is 17.9 Å². The summed E-state index contributed by atoms with van der Waals surface area (Å²) >= 11 is 0. The van der Waals surface area contributed by atoms with Crippen molar-refractivity contribution in [3.63, 3.8) is 0 Å². The SMILES string of the molecule is COC1/C=C\OC2(C)Oc3c(C)c(O)c4c(O)c(c(/C=N/Nc5ncccn5)c(O)c4c3C2=O)NC(=O)/C(C)=C\C=C/C(C)C(O)C(C)C(O)C(C)C(OC(C)=O)C1C. The largest absolute Gasteiger partial charge is 0.507 e. The molecule has 6 rings (SSSR count). The van der Waals surface area contributed by atoms with Crippen molar-refractivity contribution in [1.82, 2.24) is 9.97 Å². The minimum absolute atomic E-state index is 0.0193. The second-order valence-corrected chi connectivity index (χ2v) is 15.1. The lowest BCUT2D eigenvalue weighted by molar-refractivity contribution is -0.160. The second kappa shape index (κ2) is 17.8. The molecule has 59 heavy (non-hydrogen) atoms. The van der Waals surface area contributed by atoms with Crippen LogP contribution in [-0.4, -0.2) is 96.7 Å². The van der Waals surface area contributed by atoms with E-state index in [2.05, 4.69) is 25.8 Å². The summed E-state index contributed by atoms with van der Waals surface area (Å²) < 4.78 is 23.5. The number of aromatic hydroxyl groups is 3. The first-order chi connectivity index (χ1) is 27.8. The Labute approximate surface area is 341 Å². The highest BCUT2D eigenvalue weighted by Crippen LogP contribution is 2.55. The van der Waals surface area contributed by atoms with Crippen molar-refractivity contribution in [3.05, 3.63) is 71.3 Å². The number of methoxy groups -OCH3 is 1. The number of aliphatic hydroxyl groups is 2. The molecule has 5 bridgehead atoms. The van der Waals surface area contributed by atoms with E-state index in [0.29, 0.717) is 0 Å². The van der Waals surface area contributed by atoms with Gasteiger partial charge in [0, 0.05) is 73.5 Å². The Morgan fingerprint density at radius 3 is 2.29 bits per heavy atom. The lowest BCUT2D eigenvalue weighted by Gasteiger charge is -2.38. The van der Waals surface area contributed by atoms with Gasteiger partial charge in [-0.2, -0.15) is 5.10 Å². The van der Waals surface area contributed by atoms with Crippen LogP contribution in [0.15, 0.2) is 59.7 Å². The summed E-state index contributed by atoms with van der Waals surface area (Å²) in [6, 6.07) is 1.59. The third-order valence-electron chi connectivity index (χ3n) is 11.0. The van der Waals surface area contributed by atoms with Gasteiger partial charge in [0.2, 0.25) is 5.95 Å². The maximum atomic E-state index is 14.4. The molecule has 7 N–H and O–H groups in total. The Kier molecular flexibility index (Phi) is 13.3. The fourth-order valence-corrected chi connectivity index (χ4v) is 7.38. The summed E-state index contributed by atoms with van der Waals surface area (Å²) in [6.07, 6.45) is 7.36. The van der Waals surface area contributed by atoms with E-state index in [1.54, 1.807) is 45.9 Å². The standard InChI is InChI=1S/C42H51N5O12/c1-19-12-10-13-20(2)40(55)46-31-26(18-45-47-41-43-15-11-16-44-41)35(52)28-29(36(31)53)34(51)24(6)38-30(28)39(54)42(8,59-38)57-17-14-27(56-9)21(3)37(58-25(7)48)23(5)33(50)22(4)32(19)49/h10-19,21-23,27,32-33,37,49-53H,1-9H3,(H,46,55)(H,43,44,47)/b12-10-,17-14-,20-13-,45-18+. The number of hydrogen-bond acceptors (Lipinski definition) is 16. The van der Waals surface area contributed by atoms with Crippen LogP contribution in [0, 0.1) is 30.6 Å². The lowest BCUT2D eigenvalue weighted by Crippen LogP contribution is -2.46. The van der Waals surface area contributed by atoms with E-state index in [1.165, 1.54) is 65.6 Å². The quantitative estimate of drug-likeness (QED) is 0.0589. The van der Waals surface area contributed by atoms with Crippen molar-refractivity contribution in [3.8, 4) is 23.0 Å². The first-order valence-corrected chi connectivity index (χ1v) is 19.0. The van der Waals surface area contributed by atoms with Crippen LogP contribution in [0.1, 0.15) is 70.0 Å². The van der Waals surface area contributed by atoms with Crippen LogP contribution in [0.5, 0.6) is 23.0 Å². The van der Waals surface area contributed by atoms with Gasteiger partial charge in [-0.15, -0.1) is 0 Å². The van der Waals surface area contributed by atoms with E-state index < -0.39 is 88.8 Å². The third kappa shape index (κ3) is 8.72. The predicted molar refractivity (Wildman–Crippen MR) is 217 cm³/mol. The van der Waals surface area contributed by atoms with Crippen molar-refractivity contribution in [2.45, 2.75) is 85.6 Å². The third-order valence-corrected chi connectivity index (χ3v) is 11.0. The van der Waals surface area contributed by atoms with Gasteiger partial charge in [-0.1, -0.05) is 45.9 Å². The maximum absolute atomic E-state index is 14.4. The average Bonchev–Trinajstić information content (AvgIpc) is 3.47. The predicted octanol–water partition coefficient (Wildman–Crippen LogP) is 4.99. The number of nitrogens with zero attached hydrogens (tertiary/aromatic N) is 3. The highest BCUT2D eigenvalue weighted by Gasteiger charge is 2.50. The zero-order valence-electron chi connectivity index (χ0n) is 34.3.